The Morgan fingerprint density at radius 3 is 2.89 bits per heavy atom. The Hall–Kier alpha value is -2.87. The van der Waals surface area contributed by atoms with Gasteiger partial charge in [-0.05, 0) is 52.6 Å². The predicted molar refractivity (Wildman–Crippen MR) is 103 cm³/mol. The Labute approximate surface area is 160 Å². The lowest BCUT2D eigenvalue weighted by molar-refractivity contribution is -0.130. The van der Waals surface area contributed by atoms with Gasteiger partial charge in [0.25, 0.3) is 0 Å². The minimum atomic E-state index is -0.125. The van der Waals surface area contributed by atoms with Crippen molar-refractivity contribution in [2.75, 3.05) is 24.2 Å². The summed E-state index contributed by atoms with van der Waals surface area (Å²) in [7, 11) is 1.73. The molecule has 0 bridgehead atoms. The Morgan fingerprint density at radius 1 is 1.22 bits per heavy atom. The third-order valence-electron chi connectivity index (χ3n) is 4.52. The topological polar surface area (TPSA) is 79.5 Å². The fourth-order valence-electron chi connectivity index (χ4n) is 3.03. The molecule has 2 amide bonds. The normalized spacial score (nSPS) is 13.7. The van der Waals surface area contributed by atoms with Crippen LogP contribution in [-0.2, 0) is 16.1 Å². The van der Waals surface area contributed by atoms with E-state index in [1.807, 2.05) is 37.3 Å². The van der Waals surface area contributed by atoms with Gasteiger partial charge in [-0.3, -0.25) is 9.59 Å². The van der Waals surface area contributed by atoms with E-state index in [-0.39, 0.29) is 18.4 Å². The highest BCUT2D eigenvalue weighted by Crippen LogP contribution is 2.35. The molecule has 8 heteroatoms. The van der Waals surface area contributed by atoms with Gasteiger partial charge in [0.2, 0.25) is 11.8 Å². The lowest BCUT2D eigenvalue weighted by atomic mass is 10.2. The number of rotatable bonds is 4. The summed E-state index contributed by atoms with van der Waals surface area (Å²) in [5.74, 6) is 0.178. The number of aryl methyl sites for hydroxylation is 1. The molecule has 0 spiro atoms. The summed E-state index contributed by atoms with van der Waals surface area (Å²) in [4.78, 5) is 29.3. The smallest absolute Gasteiger partial charge is 0.242 e. The molecule has 0 radical (unpaired) electrons. The van der Waals surface area contributed by atoms with E-state index in [4.69, 9.17) is 4.63 Å². The average molecular weight is 382 g/mol. The van der Waals surface area contributed by atoms with Crippen molar-refractivity contribution < 1.29 is 14.2 Å². The standard InChI is InChI=1S/C19H18N4O3S/c1-12-3-6-16-17(7-12)27-11-19(25)23(16)10-18(24)22(2)9-13-4-5-14-15(8-13)21-26-20-14/h3-8H,9-11H2,1-2H3. The lowest BCUT2D eigenvalue weighted by Crippen LogP contribution is -2.43. The number of carbonyl (C=O) groups excluding carboxylic acids is 2. The molecule has 1 aromatic heterocycles. The summed E-state index contributed by atoms with van der Waals surface area (Å²) in [6.07, 6.45) is 0. The summed E-state index contributed by atoms with van der Waals surface area (Å²) in [5, 5.41) is 7.60. The number of aromatic nitrogens is 2. The van der Waals surface area contributed by atoms with Crippen molar-refractivity contribution in [3.8, 4) is 0 Å². The van der Waals surface area contributed by atoms with E-state index in [0.717, 1.165) is 21.7 Å². The first-order valence-electron chi connectivity index (χ1n) is 8.50. The number of amides is 2. The van der Waals surface area contributed by atoms with Crippen LogP contribution >= 0.6 is 11.8 Å². The minimum Gasteiger partial charge on any atom is -0.340 e. The minimum absolute atomic E-state index is 0.0275. The van der Waals surface area contributed by atoms with Crippen LogP contribution in [0.1, 0.15) is 11.1 Å². The number of hydrogen-bond acceptors (Lipinski definition) is 6. The summed E-state index contributed by atoms with van der Waals surface area (Å²) in [6.45, 7) is 2.46. The number of likely N-dealkylation sites (N-methyl/N-ethyl adjacent to an activating group) is 1. The number of nitrogens with zero attached hydrogens (tertiary/aromatic N) is 4. The van der Waals surface area contributed by atoms with E-state index in [9.17, 15) is 9.59 Å². The predicted octanol–water partition coefficient (Wildman–Crippen LogP) is 2.63. The lowest BCUT2D eigenvalue weighted by Gasteiger charge is -2.30. The van der Waals surface area contributed by atoms with Crippen LogP contribution in [0, 0.1) is 6.92 Å². The fourth-order valence-corrected chi connectivity index (χ4v) is 4.06. The maximum atomic E-state index is 12.7. The van der Waals surface area contributed by atoms with Crippen LogP contribution in [0.5, 0.6) is 0 Å². The van der Waals surface area contributed by atoms with E-state index in [1.54, 1.807) is 16.8 Å². The van der Waals surface area contributed by atoms with Gasteiger partial charge >= 0.3 is 0 Å². The largest absolute Gasteiger partial charge is 0.340 e. The third-order valence-corrected chi connectivity index (χ3v) is 5.54. The first kappa shape index (κ1) is 17.5. The first-order valence-corrected chi connectivity index (χ1v) is 9.49. The monoisotopic (exact) mass is 382 g/mol. The molecule has 3 aromatic rings. The number of carbonyl (C=O) groups is 2. The highest BCUT2D eigenvalue weighted by Gasteiger charge is 2.27. The van der Waals surface area contributed by atoms with Crippen LogP contribution in [0.3, 0.4) is 0 Å². The molecule has 0 unspecified atom stereocenters. The van der Waals surface area contributed by atoms with Gasteiger partial charge in [-0.15, -0.1) is 11.8 Å². The van der Waals surface area contributed by atoms with Crippen molar-refractivity contribution >= 4 is 40.3 Å². The quantitative estimate of drug-likeness (QED) is 0.690. The van der Waals surface area contributed by atoms with E-state index < -0.39 is 0 Å². The van der Waals surface area contributed by atoms with Crippen LogP contribution < -0.4 is 4.90 Å². The maximum absolute atomic E-state index is 12.7. The number of anilines is 1. The summed E-state index contributed by atoms with van der Waals surface area (Å²) in [6, 6.07) is 11.5. The molecule has 0 saturated carbocycles. The average Bonchev–Trinajstić information content (AvgIpc) is 3.11. The second kappa shape index (κ2) is 7.03. The first-order chi connectivity index (χ1) is 13.0. The molecular formula is C19H18N4O3S. The molecule has 2 aromatic carbocycles. The SMILES string of the molecule is Cc1ccc2c(c1)SCC(=O)N2CC(=O)N(C)Cc1ccc2nonc2c1. The van der Waals surface area contributed by atoms with Crippen LogP contribution in [-0.4, -0.2) is 46.4 Å². The van der Waals surface area contributed by atoms with E-state index in [0.29, 0.717) is 23.3 Å². The van der Waals surface area contributed by atoms with Gasteiger partial charge in [0.05, 0.1) is 11.4 Å². The van der Waals surface area contributed by atoms with E-state index in [1.165, 1.54) is 11.8 Å². The van der Waals surface area contributed by atoms with Crippen molar-refractivity contribution in [1.29, 1.82) is 0 Å². The van der Waals surface area contributed by atoms with Gasteiger partial charge in [0, 0.05) is 18.5 Å². The van der Waals surface area contributed by atoms with Crippen molar-refractivity contribution in [3.63, 3.8) is 0 Å². The molecule has 4 rings (SSSR count). The zero-order valence-corrected chi connectivity index (χ0v) is 15.8. The zero-order valence-electron chi connectivity index (χ0n) is 15.0. The molecule has 7 nitrogen and oxygen atoms in total. The van der Waals surface area contributed by atoms with Crippen molar-refractivity contribution in [1.82, 2.24) is 15.2 Å². The van der Waals surface area contributed by atoms with Gasteiger partial charge in [-0.25, -0.2) is 4.63 Å². The molecule has 0 aliphatic carbocycles. The summed E-state index contributed by atoms with van der Waals surface area (Å²) < 4.78 is 4.70. The second-order valence-electron chi connectivity index (χ2n) is 6.58. The van der Waals surface area contributed by atoms with Crippen molar-refractivity contribution in [3.05, 3.63) is 47.5 Å². The van der Waals surface area contributed by atoms with Crippen LogP contribution in [0.4, 0.5) is 5.69 Å². The Balaban J connectivity index is 1.49. The molecule has 0 atom stereocenters. The Kier molecular flexibility index (Phi) is 4.57. The van der Waals surface area contributed by atoms with Crippen LogP contribution in [0.25, 0.3) is 11.0 Å². The third kappa shape index (κ3) is 3.52. The van der Waals surface area contributed by atoms with Crippen molar-refractivity contribution in [2.24, 2.45) is 0 Å². The van der Waals surface area contributed by atoms with E-state index >= 15 is 0 Å². The van der Waals surface area contributed by atoms with Gasteiger partial charge < -0.3 is 9.80 Å². The number of thioether (sulfide) groups is 1. The number of hydrogen-bond donors (Lipinski definition) is 0. The van der Waals surface area contributed by atoms with Crippen LogP contribution in [0.2, 0.25) is 0 Å². The molecule has 27 heavy (non-hydrogen) atoms. The molecule has 138 valence electrons. The molecule has 2 heterocycles. The van der Waals surface area contributed by atoms with Crippen molar-refractivity contribution in [2.45, 2.75) is 18.4 Å². The fraction of sp³-hybridized carbons (Fsp3) is 0.263. The molecule has 0 N–H and O–H groups in total. The zero-order chi connectivity index (χ0) is 19.0. The molecule has 1 aliphatic heterocycles. The summed E-state index contributed by atoms with van der Waals surface area (Å²) in [5.41, 5.74) is 4.19. The maximum Gasteiger partial charge on any atom is 0.242 e. The molecule has 0 fully saturated rings. The van der Waals surface area contributed by atoms with Gasteiger partial charge in [-0.2, -0.15) is 0 Å². The highest BCUT2D eigenvalue weighted by atomic mass is 32.2. The molecular weight excluding hydrogens is 364 g/mol. The van der Waals surface area contributed by atoms with Crippen LogP contribution in [0.15, 0.2) is 45.9 Å². The Morgan fingerprint density at radius 2 is 2.04 bits per heavy atom. The number of fused-ring (bicyclic) bond motifs is 2. The Bertz CT molecular complexity index is 1030. The summed E-state index contributed by atoms with van der Waals surface area (Å²) >= 11 is 1.52. The van der Waals surface area contributed by atoms with Gasteiger partial charge in [0.1, 0.15) is 17.6 Å². The number of benzene rings is 2. The highest BCUT2D eigenvalue weighted by molar-refractivity contribution is 8.00. The second-order valence-corrected chi connectivity index (χ2v) is 7.59. The van der Waals surface area contributed by atoms with Gasteiger partial charge in [-0.1, -0.05) is 12.1 Å². The van der Waals surface area contributed by atoms with E-state index in [2.05, 4.69) is 16.4 Å². The molecule has 0 saturated heterocycles. The molecule has 1 aliphatic rings. The van der Waals surface area contributed by atoms with Gasteiger partial charge in [0.15, 0.2) is 0 Å².